The van der Waals surface area contributed by atoms with Crippen LogP contribution in [0.2, 0.25) is 0 Å². The summed E-state index contributed by atoms with van der Waals surface area (Å²) in [7, 11) is 2.94. The first-order valence-corrected chi connectivity index (χ1v) is 7.30. The molecule has 1 aliphatic rings. The van der Waals surface area contributed by atoms with Crippen molar-refractivity contribution in [2.75, 3.05) is 14.2 Å². The Morgan fingerprint density at radius 2 is 2.00 bits per heavy atom. The zero-order valence-electron chi connectivity index (χ0n) is 13.2. The van der Waals surface area contributed by atoms with Gasteiger partial charge in [0.15, 0.2) is 0 Å². The van der Waals surface area contributed by atoms with Gasteiger partial charge in [0.25, 0.3) is 5.91 Å². The molecular formula is C18H15FN2O3. The van der Waals surface area contributed by atoms with Crippen LogP contribution < -0.4 is 9.47 Å². The van der Waals surface area contributed by atoms with E-state index < -0.39 is 17.8 Å². The van der Waals surface area contributed by atoms with Crippen LogP contribution in [0.25, 0.3) is 0 Å². The molecule has 1 heterocycles. The van der Waals surface area contributed by atoms with E-state index in [9.17, 15) is 14.4 Å². The van der Waals surface area contributed by atoms with Crippen LogP contribution in [0, 0.1) is 17.1 Å². The Balaban J connectivity index is 2.03. The lowest BCUT2D eigenvalue weighted by atomic mass is 10.0. The first-order chi connectivity index (χ1) is 11.6. The number of amides is 1. The lowest BCUT2D eigenvalue weighted by Gasteiger charge is -2.21. The highest BCUT2D eigenvalue weighted by Gasteiger charge is 2.40. The third kappa shape index (κ3) is 2.44. The van der Waals surface area contributed by atoms with Crippen molar-refractivity contribution in [1.82, 2.24) is 4.90 Å². The van der Waals surface area contributed by atoms with Gasteiger partial charge in [-0.05, 0) is 12.1 Å². The molecule has 122 valence electrons. The van der Waals surface area contributed by atoms with Gasteiger partial charge < -0.3 is 14.4 Å². The van der Waals surface area contributed by atoms with Crippen LogP contribution >= 0.6 is 0 Å². The summed E-state index contributed by atoms with van der Waals surface area (Å²) in [6.07, 6.45) is 0. The van der Waals surface area contributed by atoms with Crippen LogP contribution in [-0.2, 0) is 6.54 Å². The number of para-hydroxylation sites is 1. The third-order valence-corrected chi connectivity index (χ3v) is 4.07. The van der Waals surface area contributed by atoms with Crippen molar-refractivity contribution in [1.29, 1.82) is 5.26 Å². The second kappa shape index (κ2) is 6.20. The zero-order chi connectivity index (χ0) is 17.3. The highest BCUT2D eigenvalue weighted by Crippen LogP contribution is 2.38. The van der Waals surface area contributed by atoms with Crippen molar-refractivity contribution < 1.29 is 18.7 Å². The average molecular weight is 326 g/mol. The fourth-order valence-corrected chi connectivity index (χ4v) is 2.91. The molecule has 1 amide bonds. The van der Waals surface area contributed by atoms with Gasteiger partial charge in [-0.25, -0.2) is 4.39 Å². The maximum atomic E-state index is 14.3. The van der Waals surface area contributed by atoms with Gasteiger partial charge in [-0.3, -0.25) is 4.79 Å². The quantitative estimate of drug-likeness (QED) is 0.866. The SMILES string of the molecule is COc1cc(F)c2c(c1)C(C#N)N(Cc1ccccc1OC)C2=O. The lowest BCUT2D eigenvalue weighted by Crippen LogP contribution is -2.27. The van der Waals surface area contributed by atoms with Crippen molar-refractivity contribution in [3.8, 4) is 17.6 Å². The molecule has 1 atom stereocenters. The molecular weight excluding hydrogens is 311 g/mol. The maximum absolute atomic E-state index is 14.3. The van der Waals surface area contributed by atoms with E-state index in [4.69, 9.17) is 9.47 Å². The molecule has 1 unspecified atom stereocenters. The molecule has 0 aliphatic carbocycles. The first-order valence-electron chi connectivity index (χ1n) is 7.30. The third-order valence-electron chi connectivity index (χ3n) is 4.07. The number of carbonyl (C=O) groups is 1. The van der Waals surface area contributed by atoms with Crippen LogP contribution in [0.3, 0.4) is 0 Å². The van der Waals surface area contributed by atoms with E-state index in [1.165, 1.54) is 25.2 Å². The summed E-state index contributed by atoms with van der Waals surface area (Å²) in [5.74, 6) is -0.311. The van der Waals surface area contributed by atoms with Gasteiger partial charge >= 0.3 is 0 Å². The number of fused-ring (bicyclic) bond motifs is 1. The Kier molecular flexibility index (Phi) is 4.09. The number of nitriles is 1. The molecule has 1 aliphatic heterocycles. The van der Waals surface area contributed by atoms with Crippen LogP contribution in [-0.4, -0.2) is 25.0 Å². The Morgan fingerprint density at radius 3 is 2.67 bits per heavy atom. The van der Waals surface area contributed by atoms with Gasteiger partial charge in [0, 0.05) is 17.2 Å². The number of nitrogens with zero attached hydrogens (tertiary/aromatic N) is 2. The molecule has 5 nitrogen and oxygen atoms in total. The Bertz CT molecular complexity index is 845. The fourth-order valence-electron chi connectivity index (χ4n) is 2.91. The molecule has 0 saturated carbocycles. The van der Waals surface area contributed by atoms with Gasteiger partial charge in [0.05, 0.1) is 32.4 Å². The second-order valence-corrected chi connectivity index (χ2v) is 5.35. The second-order valence-electron chi connectivity index (χ2n) is 5.35. The molecule has 2 aromatic carbocycles. The predicted octanol–water partition coefficient (Wildman–Crippen LogP) is 3.06. The monoisotopic (exact) mass is 326 g/mol. The Hall–Kier alpha value is -3.07. The predicted molar refractivity (Wildman–Crippen MR) is 84.2 cm³/mol. The normalized spacial score (nSPS) is 15.8. The molecule has 2 aromatic rings. The number of benzene rings is 2. The van der Waals surface area contributed by atoms with E-state index in [2.05, 4.69) is 6.07 Å². The summed E-state index contributed by atoms with van der Waals surface area (Å²) in [6, 6.07) is 11.1. The fraction of sp³-hybridized carbons (Fsp3) is 0.222. The highest BCUT2D eigenvalue weighted by atomic mass is 19.1. The molecule has 0 saturated heterocycles. The van der Waals surface area contributed by atoms with Crippen LogP contribution in [0.4, 0.5) is 4.39 Å². The molecule has 0 spiro atoms. The summed E-state index contributed by atoms with van der Waals surface area (Å²) >= 11 is 0. The first kappa shape index (κ1) is 15.8. The van der Waals surface area contributed by atoms with Crippen molar-refractivity contribution >= 4 is 5.91 Å². The standard InChI is InChI=1S/C18H15FN2O3/c1-23-12-7-13-15(9-20)21(18(22)17(13)14(19)8-12)10-11-5-3-4-6-16(11)24-2/h3-8,15H,10H2,1-2H3. The molecule has 3 rings (SSSR count). The topological polar surface area (TPSA) is 62.6 Å². The average Bonchev–Trinajstić information content (AvgIpc) is 2.87. The van der Waals surface area contributed by atoms with Gasteiger partial charge in [-0.15, -0.1) is 0 Å². The maximum Gasteiger partial charge on any atom is 0.258 e. The van der Waals surface area contributed by atoms with E-state index in [1.807, 2.05) is 12.1 Å². The Morgan fingerprint density at radius 1 is 1.25 bits per heavy atom. The minimum absolute atomic E-state index is 0.0720. The minimum atomic E-state index is -0.873. The van der Waals surface area contributed by atoms with Crippen LogP contribution in [0.5, 0.6) is 11.5 Å². The molecule has 0 N–H and O–H groups in total. The molecule has 0 fully saturated rings. The minimum Gasteiger partial charge on any atom is -0.497 e. The van der Waals surface area contributed by atoms with E-state index in [1.54, 1.807) is 12.1 Å². The number of hydrogen-bond acceptors (Lipinski definition) is 4. The number of halogens is 1. The van der Waals surface area contributed by atoms with Crippen molar-refractivity contribution in [3.63, 3.8) is 0 Å². The van der Waals surface area contributed by atoms with E-state index >= 15 is 0 Å². The largest absolute Gasteiger partial charge is 0.497 e. The van der Waals surface area contributed by atoms with E-state index in [0.717, 1.165) is 11.6 Å². The van der Waals surface area contributed by atoms with Crippen LogP contribution in [0.15, 0.2) is 36.4 Å². The molecule has 0 radical (unpaired) electrons. The molecule has 6 heteroatoms. The van der Waals surface area contributed by atoms with Gasteiger partial charge in [0.2, 0.25) is 0 Å². The van der Waals surface area contributed by atoms with Gasteiger partial charge in [-0.2, -0.15) is 5.26 Å². The molecule has 0 aromatic heterocycles. The van der Waals surface area contributed by atoms with Gasteiger partial charge in [-0.1, -0.05) is 18.2 Å². The lowest BCUT2D eigenvalue weighted by molar-refractivity contribution is 0.0740. The Labute approximate surface area is 138 Å². The summed E-state index contributed by atoms with van der Waals surface area (Å²) < 4.78 is 24.6. The summed E-state index contributed by atoms with van der Waals surface area (Å²) in [5, 5.41) is 9.52. The number of methoxy groups -OCH3 is 2. The zero-order valence-corrected chi connectivity index (χ0v) is 13.2. The smallest absolute Gasteiger partial charge is 0.258 e. The number of hydrogen-bond donors (Lipinski definition) is 0. The summed E-state index contributed by atoms with van der Waals surface area (Å²) in [6.45, 7) is 0.150. The number of ether oxygens (including phenoxy) is 2. The van der Waals surface area contributed by atoms with Gasteiger partial charge in [0.1, 0.15) is 23.4 Å². The summed E-state index contributed by atoms with van der Waals surface area (Å²) in [4.78, 5) is 14.0. The van der Waals surface area contributed by atoms with E-state index in [-0.39, 0.29) is 17.9 Å². The van der Waals surface area contributed by atoms with Crippen molar-refractivity contribution in [3.05, 3.63) is 58.9 Å². The van der Waals surface area contributed by atoms with Crippen molar-refractivity contribution in [2.45, 2.75) is 12.6 Å². The summed E-state index contributed by atoms with van der Waals surface area (Å²) in [5.41, 5.74) is 1.00. The van der Waals surface area contributed by atoms with Crippen molar-refractivity contribution in [2.24, 2.45) is 0 Å². The highest BCUT2D eigenvalue weighted by molar-refractivity contribution is 6.00. The number of rotatable bonds is 4. The molecule has 24 heavy (non-hydrogen) atoms. The van der Waals surface area contributed by atoms with E-state index in [0.29, 0.717) is 11.3 Å². The molecule has 0 bridgehead atoms. The number of carbonyl (C=O) groups excluding carboxylic acids is 1. The van der Waals surface area contributed by atoms with Crippen LogP contribution in [0.1, 0.15) is 27.5 Å².